The zero-order valence-corrected chi connectivity index (χ0v) is 11.8. The van der Waals surface area contributed by atoms with Crippen LogP contribution in [0, 0.1) is 0 Å². The molecule has 4 nitrogen and oxygen atoms in total. The minimum absolute atomic E-state index is 0.0458. The summed E-state index contributed by atoms with van der Waals surface area (Å²) in [5.41, 5.74) is 8.31. The fourth-order valence-corrected chi connectivity index (χ4v) is 2.41. The average molecular weight is 279 g/mol. The number of aromatic nitrogens is 1. The number of hydrogen-bond acceptors (Lipinski definition) is 2. The fourth-order valence-electron chi connectivity index (χ4n) is 2.41. The quantitative estimate of drug-likeness (QED) is 0.722. The topological polar surface area (TPSA) is 60.0 Å². The van der Waals surface area contributed by atoms with Crippen LogP contribution in [0.4, 0.5) is 11.4 Å². The van der Waals surface area contributed by atoms with Crippen molar-refractivity contribution in [2.45, 2.75) is 13.0 Å². The lowest BCUT2D eigenvalue weighted by Crippen LogP contribution is -2.23. The van der Waals surface area contributed by atoms with Crippen molar-refractivity contribution in [1.82, 2.24) is 4.57 Å². The SMILES string of the molecule is CC(C(=O)Nc1ccccc1)n1ccc2cc(N)ccc21. The molecule has 21 heavy (non-hydrogen) atoms. The molecule has 0 radical (unpaired) electrons. The first-order chi connectivity index (χ1) is 10.1. The van der Waals surface area contributed by atoms with E-state index in [0.717, 1.165) is 22.3 Å². The molecule has 0 saturated heterocycles. The highest BCUT2D eigenvalue weighted by Gasteiger charge is 2.16. The first kappa shape index (κ1) is 13.2. The van der Waals surface area contributed by atoms with Crippen molar-refractivity contribution in [3.8, 4) is 0 Å². The predicted octanol–water partition coefficient (Wildman–Crippen LogP) is 3.42. The highest BCUT2D eigenvalue weighted by Crippen LogP contribution is 2.23. The Morgan fingerprint density at radius 3 is 2.67 bits per heavy atom. The Morgan fingerprint density at radius 2 is 1.90 bits per heavy atom. The second-order valence-corrected chi connectivity index (χ2v) is 5.07. The zero-order valence-electron chi connectivity index (χ0n) is 11.8. The van der Waals surface area contributed by atoms with E-state index in [0.29, 0.717) is 0 Å². The van der Waals surface area contributed by atoms with Crippen LogP contribution in [0.25, 0.3) is 10.9 Å². The number of nitrogens with zero attached hydrogens (tertiary/aromatic N) is 1. The van der Waals surface area contributed by atoms with Crippen molar-refractivity contribution in [2.75, 3.05) is 11.1 Å². The molecule has 4 heteroatoms. The molecule has 0 aliphatic heterocycles. The first-order valence-corrected chi connectivity index (χ1v) is 6.87. The minimum atomic E-state index is -0.300. The second kappa shape index (κ2) is 5.32. The molecule has 0 aliphatic rings. The molecule has 3 N–H and O–H groups in total. The second-order valence-electron chi connectivity index (χ2n) is 5.07. The summed E-state index contributed by atoms with van der Waals surface area (Å²) in [5.74, 6) is -0.0458. The molecule has 1 amide bonds. The Labute approximate surface area is 123 Å². The third kappa shape index (κ3) is 2.60. The average Bonchev–Trinajstić information content (AvgIpc) is 2.90. The Bertz CT molecular complexity index is 777. The summed E-state index contributed by atoms with van der Waals surface area (Å²) < 4.78 is 1.95. The first-order valence-electron chi connectivity index (χ1n) is 6.87. The van der Waals surface area contributed by atoms with Crippen LogP contribution in [0.1, 0.15) is 13.0 Å². The largest absolute Gasteiger partial charge is 0.399 e. The molecule has 1 heterocycles. The van der Waals surface area contributed by atoms with Gasteiger partial charge in [-0.3, -0.25) is 4.79 Å². The molecule has 1 unspecified atom stereocenters. The highest BCUT2D eigenvalue weighted by atomic mass is 16.2. The van der Waals surface area contributed by atoms with Gasteiger partial charge in [-0.05, 0) is 43.3 Å². The number of nitrogen functional groups attached to an aromatic ring is 1. The molecule has 2 aromatic carbocycles. The maximum atomic E-state index is 12.4. The van der Waals surface area contributed by atoms with Gasteiger partial charge in [0.1, 0.15) is 6.04 Å². The van der Waals surface area contributed by atoms with Gasteiger partial charge >= 0.3 is 0 Å². The Morgan fingerprint density at radius 1 is 1.14 bits per heavy atom. The van der Waals surface area contributed by atoms with Gasteiger partial charge in [-0.25, -0.2) is 0 Å². The van der Waals surface area contributed by atoms with Crippen LogP contribution in [-0.4, -0.2) is 10.5 Å². The van der Waals surface area contributed by atoms with E-state index in [1.54, 1.807) is 0 Å². The number of anilines is 2. The van der Waals surface area contributed by atoms with Gasteiger partial charge in [-0.1, -0.05) is 18.2 Å². The standard InChI is InChI=1S/C17H17N3O/c1-12(17(21)19-15-5-3-2-4-6-15)20-10-9-13-11-14(18)7-8-16(13)20/h2-12H,18H2,1H3,(H,19,21). The number of hydrogen-bond donors (Lipinski definition) is 2. The van der Waals surface area contributed by atoms with Crippen molar-refractivity contribution in [1.29, 1.82) is 0 Å². The van der Waals surface area contributed by atoms with Crippen molar-refractivity contribution < 1.29 is 4.79 Å². The molecule has 1 atom stereocenters. The lowest BCUT2D eigenvalue weighted by atomic mass is 10.2. The van der Waals surface area contributed by atoms with Crippen LogP contribution in [0.5, 0.6) is 0 Å². The number of benzene rings is 2. The summed E-state index contributed by atoms with van der Waals surface area (Å²) in [4.78, 5) is 12.4. The Kier molecular flexibility index (Phi) is 3.36. The molecule has 3 aromatic rings. The molecule has 0 saturated carbocycles. The summed E-state index contributed by atoms with van der Waals surface area (Å²) in [6.07, 6.45) is 1.92. The Balaban J connectivity index is 1.86. The van der Waals surface area contributed by atoms with E-state index in [1.807, 2.05) is 72.3 Å². The van der Waals surface area contributed by atoms with Gasteiger partial charge in [-0.2, -0.15) is 0 Å². The van der Waals surface area contributed by atoms with Gasteiger partial charge in [0.25, 0.3) is 0 Å². The van der Waals surface area contributed by atoms with E-state index in [9.17, 15) is 4.79 Å². The van der Waals surface area contributed by atoms with Gasteiger partial charge in [0, 0.05) is 28.5 Å². The van der Waals surface area contributed by atoms with E-state index in [2.05, 4.69) is 5.32 Å². The summed E-state index contributed by atoms with van der Waals surface area (Å²) >= 11 is 0. The van der Waals surface area contributed by atoms with E-state index >= 15 is 0 Å². The summed E-state index contributed by atoms with van der Waals surface area (Å²) in [6, 6.07) is 16.8. The molecule has 106 valence electrons. The predicted molar refractivity (Wildman–Crippen MR) is 86.1 cm³/mol. The molecular weight excluding hydrogens is 262 g/mol. The van der Waals surface area contributed by atoms with Gasteiger partial charge < -0.3 is 15.6 Å². The normalized spacial score (nSPS) is 12.2. The molecule has 0 aliphatic carbocycles. The summed E-state index contributed by atoms with van der Waals surface area (Å²) in [5, 5.41) is 3.96. The van der Waals surface area contributed by atoms with E-state index in [-0.39, 0.29) is 11.9 Å². The van der Waals surface area contributed by atoms with Gasteiger partial charge in [0.15, 0.2) is 0 Å². The number of rotatable bonds is 3. The van der Waals surface area contributed by atoms with Crippen LogP contribution in [0.3, 0.4) is 0 Å². The van der Waals surface area contributed by atoms with Crippen LogP contribution < -0.4 is 11.1 Å². The molecule has 0 bridgehead atoms. The monoisotopic (exact) mass is 279 g/mol. The number of fused-ring (bicyclic) bond motifs is 1. The number of nitrogens with two attached hydrogens (primary N) is 1. The number of nitrogens with one attached hydrogen (secondary N) is 1. The third-order valence-electron chi connectivity index (χ3n) is 3.58. The van der Waals surface area contributed by atoms with Crippen LogP contribution in [-0.2, 0) is 4.79 Å². The molecular formula is C17H17N3O. The fraction of sp³-hybridized carbons (Fsp3) is 0.118. The molecule has 3 rings (SSSR count). The van der Waals surface area contributed by atoms with E-state index in [1.165, 1.54) is 0 Å². The lowest BCUT2D eigenvalue weighted by Gasteiger charge is -2.15. The molecule has 0 fully saturated rings. The van der Waals surface area contributed by atoms with Gasteiger partial charge in [0.05, 0.1) is 0 Å². The van der Waals surface area contributed by atoms with Crippen molar-refractivity contribution >= 4 is 28.2 Å². The molecule has 0 spiro atoms. The number of para-hydroxylation sites is 1. The number of carbonyl (C=O) groups is 1. The van der Waals surface area contributed by atoms with Crippen LogP contribution >= 0.6 is 0 Å². The Hall–Kier alpha value is -2.75. The zero-order chi connectivity index (χ0) is 14.8. The van der Waals surface area contributed by atoms with Crippen molar-refractivity contribution in [2.24, 2.45) is 0 Å². The van der Waals surface area contributed by atoms with E-state index < -0.39 is 0 Å². The van der Waals surface area contributed by atoms with Gasteiger partial charge in [-0.15, -0.1) is 0 Å². The van der Waals surface area contributed by atoms with Crippen molar-refractivity contribution in [3.63, 3.8) is 0 Å². The number of amides is 1. The maximum absolute atomic E-state index is 12.4. The smallest absolute Gasteiger partial charge is 0.247 e. The lowest BCUT2D eigenvalue weighted by molar-refractivity contribution is -0.118. The van der Waals surface area contributed by atoms with Crippen LogP contribution in [0.2, 0.25) is 0 Å². The van der Waals surface area contributed by atoms with Crippen LogP contribution in [0.15, 0.2) is 60.8 Å². The third-order valence-corrected chi connectivity index (χ3v) is 3.58. The number of carbonyl (C=O) groups excluding carboxylic acids is 1. The van der Waals surface area contributed by atoms with E-state index in [4.69, 9.17) is 5.73 Å². The maximum Gasteiger partial charge on any atom is 0.247 e. The summed E-state index contributed by atoms with van der Waals surface area (Å²) in [6.45, 7) is 1.88. The van der Waals surface area contributed by atoms with Crippen molar-refractivity contribution in [3.05, 3.63) is 60.8 Å². The summed E-state index contributed by atoms with van der Waals surface area (Å²) in [7, 11) is 0. The minimum Gasteiger partial charge on any atom is -0.399 e. The highest BCUT2D eigenvalue weighted by molar-refractivity contribution is 5.95. The van der Waals surface area contributed by atoms with Gasteiger partial charge in [0.2, 0.25) is 5.91 Å². The molecule has 1 aromatic heterocycles.